The van der Waals surface area contributed by atoms with Crippen molar-refractivity contribution in [1.82, 2.24) is 9.80 Å². The van der Waals surface area contributed by atoms with E-state index in [0.29, 0.717) is 25.0 Å². The average Bonchev–Trinajstić information content (AvgIpc) is 3.54. The summed E-state index contributed by atoms with van der Waals surface area (Å²) in [6.45, 7) is 13.0. The van der Waals surface area contributed by atoms with Gasteiger partial charge >= 0.3 is 12.1 Å². The second-order valence-electron chi connectivity index (χ2n) is 16.1. The molecule has 12 atom stereocenters. The van der Waals surface area contributed by atoms with Crippen LogP contribution in [0.4, 0.5) is 4.79 Å². The lowest BCUT2D eigenvalue weighted by atomic mass is 9.88. The number of amides is 1. The summed E-state index contributed by atoms with van der Waals surface area (Å²) >= 11 is 0. The number of esters is 1. The molecule has 4 aliphatic heterocycles. The van der Waals surface area contributed by atoms with E-state index in [1.165, 1.54) is 5.56 Å². The van der Waals surface area contributed by atoms with Crippen LogP contribution in [0, 0.1) is 11.8 Å². The quantitative estimate of drug-likeness (QED) is 0.110. The number of aliphatic hydroxyl groups excluding tert-OH is 2. The van der Waals surface area contributed by atoms with E-state index in [9.17, 15) is 30.0 Å². The number of carbonyl (C=O) groups excluding carboxylic acids is 2. The van der Waals surface area contributed by atoms with E-state index in [4.69, 9.17) is 14.2 Å². The van der Waals surface area contributed by atoms with E-state index in [0.717, 1.165) is 19.5 Å². The number of likely N-dealkylation sites (tertiary alicyclic amines) is 2. The molecular weight excluding hydrogens is 664 g/mol. The van der Waals surface area contributed by atoms with Gasteiger partial charge in [0.1, 0.15) is 11.7 Å². The van der Waals surface area contributed by atoms with Crippen molar-refractivity contribution in [3.63, 3.8) is 0 Å². The van der Waals surface area contributed by atoms with E-state index >= 15 is 0 Å². The number of ether oxygens (including phenoxy) is 3. The number of piperazine rings is 1. The summed E-state index contributed by atoms with van der Waals surface area (Å²) in [4.78, 5) is 30.7. The van der Waals surface area contributed by atoms with Gasteiger partial charge in [0.2, 0.25) is 0 Å². The highest BCUT2D eigenvalue weighted by Gasteiger charge is 2.48. The van der Waals surface area contributed by atoms with E-state index < -0.39 is 47.7 Å². The van der Waals surface area contributed by atoms with Crippen molar-refractivity contribution < 1.29 is 44.2 Å². The normalized spacial score (nSPS) is 36.0. The van der Waals surface area contributed by atoms with Crippen molar-refractivity contribution in [3.05, 3.63) is 71.8 Å². The molecule has 3 saturated heterocycles. The molecule has 52 heavy (non-hydrogen) atoms. The van der Waals surface area contributed by atoms with Gasteiger partial charge in [-0.05, 0) is 63.7 Å². The van der Waals surface area contributed by atoms with Crippen LogP contribution in [0.5, 0.6) is 0 Å². The SMILES string of the molecule is CCC(O)C(C)C1OC1CC(C)(O)/C=C/C=C(\C)C1OC(=O)CC(O)CCC(C)(O)C(OC(=O)N2C[C@@H]3C[C@H]2CN3Cc2ccccc2)/C=C/C1C. The molecule has 0 saturated carbocycles. The summed E-state index contributed by atoms with van der Waals surface area (Å²) in [6.07, 6.45) is 6.62. The fraction of sp³-hybridized carbons (Fsp3) is 0.659. The molecule has 0 aliphatic carbocycles. The Balaban J connectivity index is 1.24. The molecule has 3 fully saturated rings. The van der Waals surface area contributed by atoms with Crippen LogP contribution in [0.15, 0.2) is 66.3 Å². The lowest BCUT2D eigenvalue weighted by molar-refractivity contribution is -0.151. The number of nitrogens with zero attached hydrogens (tertiary/aromatic N) is 2. The Morgan fingerprint density at radius 3 is 2.60 bits per heavy atom. The second kappa shape index (κ2) is 17.0. The molecule has 0 radical (unpaired) electrons. The van der Waals surface area contributed by atoms with E-state index in [1.807, 2.05) is 45.9 Å². The third-order valence-corrected chi connectivity index (χ3v) is 11.4. The molecule has 2 bridgehead atoms. The number of carbonyl (C=O) groups is 2. The molecule has 5 rings (SSSR count). The molecule has 10 unspecified atom stereocenters. The Kier molecular flexibility index (Phi) is 13.1. The van der Waals surface area contributed by atoms with Crippen LogP contribution in [0.1, 0.15) is 85.6 Å². The topological polar surface area (TPSA) is 153 Å². The van der Waals surface area contributed by atoms with Crippen molar-refractivity contribution in [2.24, 2.45) is 11.8 Å². The Bertz CT molecular complexity index is 1460. The van der Waals surface area contributed by atoms with Crippen LogP contribution < -0.4 is 0 Å². The summed E-state index contributed by atoms with van der Waals surface area (Å²) in [6, 6.07) is 10.6. The number of hydrogen-bond acceptors (Lipinski definition) is 10. The largest absolute Gasteiger partial charge is 0.457 e. The van der Waals surface area contributed by atoms with Gasteiger partial charge in [-0.3, -0.25) is 9.69 Å². The van der Waals surface area contributed by atoms with Gasteiger partial charge < -0.3 is 39.5 Å². The highest BCUT2D eigenvalue weighted by Crippen LogP contribution is 2.38. The van der Waals surface area contributed by atoms with Gasteiger partial charge in [0, 0.05) is 50.0 Å². The van der Waals surface area contributed by atoms with Crippen molar-refractivity contribution in [3.8, 4) is 0 Å². The maximum atomic E-state index is 13.6. The smallest absolute Gasteiger partial charge is 0.410 e. The highest BCUT2D eigenvalue weighted by atomic mass is 16.6. The van der Waals surface area contributed by atoms with Crippen LogP contribution in [-0.2, 0) is 25.5 Å². The van der Waals surface area contributed by atoms with Crippen LogP contribution in [-0.4, -0.2) is 115 Å². The maximum absolute atomic E-state index is 13.6. The predicted octanol–water partition coefficient (Wildman–Crippen LogP) is 4.67. The van der Waals surface area contributed by atoms with Crippen molar-refractivity contribution in [2.45, 2.75) is 147 Å². The molecule has 288 valence electrons. The molecule has 0 aromatic heterocycles. The van der Waals surface area contributed by atoms with E-state index in [2.05, 4.69) is 17.0 Å². The molecule has 11 heteroatoms. The number of fused-ring (bicyclic) bond motifs is 2. The minimum Gasteiger partial charge on any atom is -0.457 e. The monoisotopic (exact) mass is 724 g/mol. The first-order chi connectivity index (χ1) is 24.6. The van der Waals surface area contributed by atoms with Crippen LogP contribution in [0.25, 0.3) is 0 Å². The van der Waals surface area contributed by atoms with Gasteiger partial charge in [0.25, 0.3) is 0 Å². The number of hydrogen-bond donors (Lipinski definition) is 4. The number of benzene rings is 1. The molecular formula is C41H60N2O9. The third kappa shape index (κ3) is 10.3. The van der Waals surface area contributed by atoms with Crippen LogP contribution in [0.2, 0.25) is 0 Å². The van der Waals surface area contributed by atoms with Crippen LogP contribution in [0.3, 0.4) is 0 Å². The minimum absolute atomic E-state index is 0.0148. The summed E-state index contributed by atoms with van der Waals surface area (Å²) in [5.41, 5.74) is -0.718. The van der Waals surface area contributed by atoms with Crippen molar-refractivity contribution in [1.29, 1.82) is 0 Å². The van der Waals surface area contributed by atoms with Gasteiger partial charge in [-0.15, -0.1) is 0 Å². The van der Waals surface area contributed by atoms with Gasteiger partial charge in [0.05, 0.1) is 36.4 Å². The fourth-order valence-corrected chi connectivity index (χ4v) is 7.96. The summed E-state index contributed by atoms with van der Waals surface area (Å²) in [7, 11) is 0. The molecule has 4 aliphatic rings. The average molecular weight is 725 g/mol. The number of cyclic esters (lactones) is 1. The van der Waals surface area contributed by atoms with Crippen LogP contribution >= 0.6 is 0 Å². The van der Waals surface area contributed by atoms with Gasteiger partial charge in [0.15, 0.2) is 6.10 Å². The van der Waals surface area contributed by atoms with Crippen molar-refractivity contribution >= 4 is 12.1 Å². The predicted molar refractivity (Wildman–Crippen MR) is 197 cm³/mol. The third-order valence-electron chi connectivity index (χ3n) is 11.4. The summed E-state index contributed by atoms with van der Waals surface area (Å²) < 4.78 is 17.7. The minimum atomic E-state index is -1.50. The number of epoxide rings is 1. The zero-order chi connectivity index (χ0) is 37.8. The standard InChI is InChI=1S/C41H60N2O9/c1-7-33(45)28(4)38-34(50-38)22-40(5,48)18-11-12-26(2)37-27(3)15-16-35(41(6,49)19-17-32(44)21-36(46)52-37)51-39(47)43-25-30-20-31(43)24-42(30)23-29-13-9-8-10-14-29/h8-16,18,27-28,30-35,37-38,44-45,48-49H,7,17,19-25H2,1-6H3/b16-15+,18-11+,26-12+/t27?,28?,30-,31-,32?,33?,34?,35?,37?,38?,40?,41?/m0/s1. The number of rotatable bonds is 11. The first kappa shape index (κ1) is 40.1. The second-order valence-corrected chi connectivity index (χ2v) is 16.1. The summed E-state index contributed by atoms with van der Waals surface area (Å²) in [5, 5.41) is 43.5. The lowest BCUT2D eigenvalue weighted by Crippen LogP contribution is -2.51. The van der Waals surface area contributed by atoms with Gasteiger partial charge in [-0.2, -0.15) is 0 Å². The van der Waals surface area contributed by atoms with E-state index in [-0.39, 0.29) is 55.4 Å². The number of aliphatic hydroxyl groups is 4. The first-order valence-electron chi connectivity index (χ1n) is 19.0. The number of allylic oxidation sites excluding steroid dienone is 2. The summed E-state index contributed by atoms with van der Waals surface area (Å²) in [5.74, 6) is -0.960. The molecule has 1 aromatic carbocycles. The maximum Gasteiger partial charge on any atom is 0.410 e. The van der Waals surface area contributed by atoms with E-state index in [1.54, 1.807) is 49.1 Å². The van der Waals surface area contributed by atoms with Gasteiger partial charge in [-0.1, -0.05) is 75.4 Å². The fourth-order valence-electron chi connectivity index (χ4n) is 7.96. The lowest BCUT2D eigenvalue weighted by Gasteiger charge is -2.37. The molecule has 4 N–H and O–H groups in total. The molecule has 4 heterocycles. The zero-order valence-electron chi connectivity index (χ0n) is 31.6. The Labute approximate surface area is 308 Å². The molecule has 11 nitrogen and oxygen atoms in total. The first-order valence-corrected chi connectivity index (χ1v) is 19.0. The molecule has 0 spiro atoms. The zero-order valence-corrected chi connectivity index (χ0v) is 31.6. The highest BCUT2D eigenvalue weighted by molar-refractivity contribution is 5.71. The molecule has 1 amide bonds. The van der Waals surface area contributed by atoms with Gasteiger partial charge in [-0.25, -0.2) is 4.79 Å². The molecule has 1 aromatic rings. The van der Waals surface area contributed by atoms with Crippen molar-refractivity contribution in [2.75, 3.05) is 13.1 Å². The Morgan fingerprint density at radius 2 is 1.92 bits per heavy atom. The Hall–Kier alpha value is -3.06. The Morgan fingerprint density at radius 1 is 1.19 bits per heavy atom.